The molecule has 0 aromatic heterocycles. The Bertz CT molecular complexity index is 1130. The van der Waals surface area contributed by atoms with Gasteiger partial charge in [-0.3, -0.25) is 0 Å². The lowest BCUT2D eigenvalue weighted by molar-refractivity contribution is -0.135. The van der Waals surface area contributed by atoms with Crippen LogP contribution in [0.3, 0.4) is 0 Å². The summed E-state index contributed by atoms with van der Waals surface area (Å²) in [5.74, 6) is 0.0684. The van der Waals surface area contributed by atoms with Crippen LogP contribution in [0.2, 0.25) is 0 Å². The van der Waals surface area contributed by atoms with Crippen LogP contribution >= 0.6 is 0 Å². The van der Waals surface area contributed by atoms with Crippen LogP contribution in [0.1, 0.15) is 63.8 Å². The highest BCUT2D eigenvalue weighted by Crippen LogP contribution is 2.30. The molecule has 0 atom stereocenters. The van der Waals surface area contributed by atoms with Crippen LogP contribution < -0.4 is 4.74 Å². The lowest BCUT2D eigenvalue weighted by atomic mass is 9.86. The van der Waals surface area contributed by atoms with Crippen molar-refractivity contribution in [2.45, 2.75) is 52.4 Å². The first-order valence-electron chi connectivity index (χ1n) is 12.0. The second-order valence-electron chi connectivity index (χ2n) is 10.3. The summed E-state index contributed by atoms with van der Waals surface area (Å²) >= 11 is 0. The van der Waals surface area contributed by atoms with E-state index < -0.39 is 5.97 Å². The normalized spacial score (nSPS) is 11.6. The van der Waals surface area contributed by atoms with Gasteiger partial charge in [0.05, 0.1) is 14.2 Å². The van der Waals surface area contributed by atoms with Crippen molar-refractivity contribution < 1.29 is 28.9 Å². The monoisotopic (exact) mass is 508 g/mol. The maximum absolute atomic E-state index is 11.2. The predicted molar refractivity (Wildman–Crippen MR) is 150 cm³/mol. The number of hydrogen-bond donors (Lipinski definition) is 1. The van der Waals surface area contributed by atoms with Gasteiger partial charge in [-0.25, -0.2) is 9.59 Å². The van der Waals surface area contributed by atoms with E-state index in [0.717, 1.165) is 16.9 Å². The highest BCUT2D eigenvalue weighted by molar-refractivity contribution is 5.88. The van der Waals surface area contributed by atoms with E-state index in [-0.39, 0.29) is 22.5 Å². The summed E-state index contributed by atoms with van der Waals surface area (Å²) < 4.78 is 14.7. The molecule has 2 aromatic rings. The van der Waals surface area contributed by atoms with Crippen molar-refractivity contribution >= 4 is 24.1 Å². The van der Waals surface area contributed by atoms with Gasteiger partial charge in [0.15, 0.2) is 0 Å². The van der Waals surface area contributed by atoms with Gasteiger partial charge in [-0.05, 0) is 46.2 Å². The number of rotatable bonds is 7. The van der Waals surface area contributed by atoms with Crippen LogP contribution in [-0.4, -0.2) is 37.9 Å². The van der Waals surface area contributed by atoms with Gasteiger partial charge in [0.2, 0.25) is 0 Å². The van der Waals surface area contributed by atoms with Crippen LogP contribution in [0.15, 0.2) is 61.2 Å². The van der Waals surface area contributed by atoms with Crippen LogP contribution in [0, 0.1) is 0 Å². The number of hydrogen-bond acceptors (Lipinski definition) is 6. The van der Waals surface area contributed by atoms with E-state index in [0.29, 0.717) is 12.2 Å². The predicted octanol–water partition coefficient (Wildman–Crippen LogP) is 6.61. The number of methoxy groups -OCH3 is 2. The summed E-state index contributed by atoms with van der Waals surface area (Å²) in [7, 11) is 2.67. The van der Waals surface area contributed by atoms with E-state index in [2.05, 4.69) is 57.6 Å². The molecule has 0 spiro atoms. The molecular weight excluding hydrogens is 468 g/mol. The molecule has 0 amide bonds. The molecule has 6 heteroatoms. The topological polar surface area (TPSA) is 82.1 Å². The summed E-state index contributed by atoms with van der Waals surface area (Å²) in [6.07, 6.45) is 7.58. The van der Waals surface area contributed by atoms with Crippen molar-refractivity contribution in [3.05, 3.63) is 83.5 Å². The fraction of sp³-hybridized carbons (Fsp3) is 0.355. The minimum Gasteiger partial charge on any atom is -0.507 e. The molecule has 0 heterocycles. The van der Waals surface area contributed by atoms with Gasteiger partial charge in [0, 0.05) is 23.3 Å². The first-order chi connectivity index (χ1) is 17.2. The third-order valence-corrected chi connectivity index (χ3v) is 5.33. The van der Waals surface area contributed by atoms with E-state index in [4.69, 9.17) is 4.74 Å². The first kappa shape index (κ1) is 31.2. The molecule has 1 N–H and O–H groups in total. The number of ether oxygens (including phenoxy) is 3. The molecule has 0 fully saturated rings. The molecule has 0 bridgehead atoms. The van der Waals surface area contributed by atoms with Crippen molar-refractivity contribution in [3.8, 4) is 11.5 Å². The van der Waals surface area contributed by atoms with Gasteiger partial charge in [-0.1, -0.05) is 78.5 Å². The fourth-order valence-corrected chi connectivity index (χ4v) is 3.02. The number of carbonyl (C=O) groups is 2. The van der Waals surface area contributed by atoms with Crippen molar-refractivity contribution in [2.24, 2.45) is 0 Å². The number of carbonyl (C=O) groups excluding carboxylic acids is 2. The van der Waals surface area contributed by atoms with Crippen LogP contribution in [0.25, 0.3) is 12.2 Å². The number of aromatic hydroxyl groups is 1. The average molecular weight is 509 g/mol. The number of esters is 2. The van der Waals surface area contributed by atoms with Crippen LogP contribution in [0.4, 0.5) is 0 Å². The quantitative estimate of drug-likeness (QED) is 0.257. The van der Waals surface area contributed by atoms with Crippen molar-refractivity contribution in [2.75, 3.05) is 20.8 Å². The third-order valence-electron chi connectivity index (χ3n) is 5.33. The van der Waals surface area contributed by atoms with E-state index in [9.17, 15) is 14.7 Å². The average Bonchev–Trinajstić information content (AvgIpc) is 2.84. The largest absolute Gasteiger partial charge is 0.507 e. The molecular formula is C31H40O6. The van der Waals surface area contributed by atoms with Crippen LogP contribution in [0.5, 0.6) is 11.5 Å². The maximum atomic E-state index is 11.2. The molecule has 0 aliphatic heterocycles. The minimum absolute atomic E-state index is 0.0118. The van der Waals surface area contributed by atoms with Gasteiger partial charge in [-0.2, -0.15) is 0 Å². The Hall–Kier alpha value is -3.80. The van der Waals surface area contributed by atoms with Crippen LogP contribution in [-0.2, 0) is 29.9 Å². The molecule has 0 unspecified atom stereocenters. The van der Waals surface area contributed by atoms with Crippen molar-refractivity contribution in [1.29, 1.82) is 0 Å². The molecule has 0 aliphatic rings. The summed E-state index contributed by atoms with van der Waals surface area (Å²) in [5, 5.41) is 9.84. The highest BCUT2D eigenvalue weighted by Gasteiger charge is 2.16. The maximum Gasteiger partial charge on any atom is 0.330 e. The van der Waals surface area contributed by atoms with E-state index in [1.165, 1.54) is 38.0 Å². The molecule has 2 rings (SSSR count). The Morgan fingerprint density at radius 2 is 1.27 bits per heavy atom. The molecule has 0 saturated heterocycles. The zero-order valence-corrected chi connectivity index (χ0v) is 23.3. The minimum atomic E-state index is -0.440. The summed E-state index contributed by atoms with van der Waals surface area (Å²) in [5.41, 5.74) is 3.68. The fourth-order valence-electron chi connectivity index (χ4n) is 3.02. The number of phenolic OH excluding ortho intramolecular Hbond substituents is 1. The zero-order chi connectivity index (χ0) is 28.2. The molecule has 0 aliphatic carbocycles. The second-order valence-corrected chi connectivity index (χ2v) is 10.3. The standard InChI is InChI=1S/C17H22O3.C14H18O3/c1-6-11-20-15-12-14(17(2,3)4)9-7-13(15)8-10-16(18)19-5;1-14(2,3)11-7-5-10(12(15)9-11)6-8-13(16)17-4/h6-10,12H,1,11H2,2-5H3;5-9,15H,1-4H3. The van der Waals surface area contributed by atoms with E-state index in [1.807, 2.05) is 24.3 Å². The highest BCUT2D eigenvalue weighted by atomic mass is 16.5. The summed E-state index contributed by atoms with van der Waals surface area (Å²) in [6, 6.07) is 11.4. The Balaban J connectivity index is 0.000000375. The molecule has 2 aromatic carbocycles. The lowest BCUT2D eigenvalue weighted by Crippen LogP contribution is -2.11. The molecule has 0 radical (unpaired) electrons. The van der Waals surface area contributed by atoms with Gasteiger partial charge >= 0.3 is 11.9 Å². The summed E-state index contributed by atoms with van der Waals surface area (Å²) in [6.45, 7) is 16.7. The van der Waals surface area contributed by atoms with Crippen molar-refractivity contribution in [3.63, 3.8) is 0 Å². The number of phenols is 1. The first-order valence-corrected chi connectivity index (χ1v) is 12.0. The molecule has 6 nitrogen and oxygen atoms in total. The smallest absolute Gasteiger partial charge is 0.330 e. The SMILES string of the molecule is C=CCOc1cc(C(C)(C)C)ccc1C=CC(=O)OC.COC(=O)C=Cc1ccc(C(C)(C)C)cc1O. The Labute approximate surface area is 221 Å². The van der Waals surface area contributed by atoms with Gasteiger partial charge < -0.3 is 19.3 Å². The van der Waals surface area contributed by atoms with Gasteiger partial charge in [-0.15, -0.1) is 0 Å². The molecule has 200 valence electrons. The Kier molecular flexibility index (Phi) is 11.9. The Morgan fingerprint density at radius 3 is 1.70 bits per heavy atom. The number of benzene rings is 2. The van der Waals surface area contributed by atoms with E-state index >= 15 is 0 Å². The third kappa shape index (κ3) is 10.8. The second kappa shape index (κ2) is 14.1. The zero-order valence-electron chi connectivity index (χ0n) is 23.3. The lowest BCUT2D eigenvalue weighted by Gasteiger charge is -2.20. The Morgan fingerprint density at radius 1 is 0.811 bits per heavy atom. The van der Waals surface area contributed by atoms with E-state index in [1.54, 1.807) is 24.3 Å². The van der Waals surface area contributed by atoms with Crippen molar-refractivity contribution in [1.82, 2.24) is 0 Å². The summed E-state index contributed by atoms with van der Waals surface area (Å²) in [4.78, 5) is 22.1. The molecule has 37 heavy (non-hydrogen) atoms. The van der Waals surface area contributed by atoms with Gasteiger partial charge in [0.25, 0.3) is 0 Å². The molecule has 0 saturated carbocycles. The van der Waals surface area contributed by atoms with Gasteiger partial charge in [0.1, 0.15) is 18.1 Å².